The highest BCUT2D eigenvalue weighted by Gasteiger charge is 2.24. The summed E-state index contributed by atoms with van der Waals surface area (Å²) in [5, 5.41) is 5.71. The number of nitrogens with one attached hydrogen (secondary N) is 2. The zero-order valence-electron chi connectivity index (χ0n) is 15.4. The molecule has 28 heavy (non-hydrogen) atoms. The average molecular weight is 397 g/mol. The highest BCUT2D eigenvalue weighted by Crippen LogP contribution is 2.23. The van der Waals surface area contributed by atoms with E-state index in [9.17, 15) is 14.4 Å². The Morgan fingerprint density at radius 3 is 2.50 bits per heavy atom. The van der Waals surface area contributed by atoms with Gasteiger partial charge in [-0.3, -0.25) is 14.4 Å². The smallest absolute Gasteiger partial charge is 0.287 e. The van der Waals surface area contributed by atoms with Crippen LogP contribution in [0.25, 0.3) is 0 Å². The largest absolute Gasteiger partial charge is 0.459 e. The van der Waals surface area contributed by atoms with Crippen molar-refractivity contribution in [1.29, 1.82) is 0 Å². The van der Waals surface area contributed by atoms with Crippen LogP contribution in [0.2, 0.25) is 0 Å². The third-order valence-corrected chi connectivity index (χ3v) is 5.17. The molecule has 2 amide bonds. The van der Waals surface area contributed by atoms with Crippen LogP contribution in [-0.4, -0.2) is 28.6 Å². The van der Waals surface area contributed by atoms with E-state index in [0.29, 0.717) is 22.1 Å². The Bertz CT molecular complexity index is 980. The van der Waals surface area contributed by atoms with E-state index in [1.54, 1.807) is 13.0 Å². The number of nitrogens with zero attached hydrogens (tertiary/aromatic N) is 1. The van der Waals surface area contributed by atoms with Crippen molar-refractivity contribution in [2.75, 3.05) is 5.32 Å². The first-order valence-corrected chi connectivity index (χ1v) is 9.43. The topological polar surface area (TPSA) is 101 Å². The van der Waals surface area contributed by atoms with Crippen molar-refractivity contribution in [3.05, 3.63) is 70.6 Å². The molecule has 1 atom stereocenters. The van der Waals surface area contributed by atoms with Gasteiger partial charge in [0.05, 0.1) is 16.8 Å². The molecule has 0 fully saturated rings. The van der Waals surface area contributed by atoms with Gasteiger partial charge in [-0.25, -0.2) is 4.98 Å². The highest BCUT2D eigenvalue weighted by atomic mass is 32.1. The third-order valence-electron chi connectivity index (χ3n) is 4.00. The van der Waals surface area contributed by atoms with Crippen LogP contribution >= 0.6 is 11.3 Å². The molecule has 2 heterocycles. The zero-order chi connectivity index (χ0) is 20.1. The van der Waals surface area contributed by atoms with Crippen LogP contribution < -0.4 is 10.6 Å². The van der Waals surface area contributed by atoms with Gasteiger partial charge in [0.25, 0.3) is 5.91 Å². The summed E-state index contributed by atoms with van der Waals surface area (Å²) in [6.07, 6.45) is 1.69. The fourth-order valence-corrected chi connectivity index (χ4v) is 3.53. The molecular weight excluding hydrogens is 378 g/mol. The average Bonchev–Trinajstić information content (AvgIpc) is 3.32. The monoisotopic (exact) mass is 397 g/mol. The van der Waals surface area contributed by atoms with Gasteiger partial charge in [0.2, 0.25) is 5.91 Å². The van der Waals surface area contributed by atoms with Crippen molar-refractivity contribution in [1.82, 2.24) is 10.3 Å². The van der Waals surface area contributed by atoms with Crippen molar-refractivity contribution in [2.24, 2.45) is 0 Å². The lowest BCUT2D eigenvalue weighted by molar-refractivity contribution is -0.118. The molecule has 0 spiro atoms. The van der Waals surface area contributed by atoms with Crippen LogP contribution in [0.5, 0.6) is 0 Å². The molecule has 2 N–H and O–H groups in total. The van der Waals surface area contributed by atoms with Crippen LogP contribution in [-0.2, 0) is 11.2 Å². The van der Waals surface area contributed by atoms with E-state index >= 15 is 0 Å². The Morgan fingerprint density at radius 1 is 1.14 bits per heavy atom. The van der Waals surface area contributed by atoms with E-state index in [2.05, 4.69) is 15.6 Å². The molecule has 7 nitrogen and oxygen atoms in total. The van der Waals surface area contributed by atoms with Gasteiger partial charge in [0.15, 0.2) is 16.7 Å². The molecule has 3 rings (SSSR count). The van der Waals surface area contributed by atoms with Crippen LogP contribution in [0.1, 0.15) is 38.4 Å². The highest BCUT2D eigenvalue weighted by molar-refractivity contribution is 7.17. The summed E-state index contributed by atoms with van der Waals surface area (Å²) < 4.78 is 5.10. The third kappa shape index (κ3) is 4.72. The van der Waals surface area contributed by atoms with Gasteiger partial charge in [-0.1, -0.05) is 41.7 Å². The fourth-order valence-electron chi connectivity index (χ4n) is 2.67. The maximum absolute atomic E-state index is 12.8. The summed E-state index contributed by atoms with van der Waals surface area (Å²) in [5.74, 6) is -0.897. The van der Waals surface area contributed by atoms with E-state index in [4.69, 9.17) is 4.42 Å². The number of Topliss-reactive ketones (excluding diaryl/α,β-unsaturated/α-hetero) is 1. The number of ketones is 1. The summed E-state index contributed by atoms with van der Waals surface area (Å²) in [6, 6.07) is 11.6. The summed E-state index contributed by atoms with van der Waals surface area (Å²) in [6.45, 7) is 3.16. The number of amides is 2. The molecule has 0 aliphatic rings. The SMILES string of the molecule is CC(=O)c1sc(NC(=O)C(Cc2ccccc2)NC(=O)c2ccco2)nc1C. The molecule has 0 aliphatic carbocycles. The second-order valence-electron chi connectivity index (χ2n) is 6.17. The van der Waals surface area contributed by atoms with Crippen LogP contribution in [0.4, 0.5) is 5.13 Å². The summed E-state index contributed by atoms with van der Waals surface area (Å²) in [4.78, 5) is 41.5. The standard InChI is InChI=1S/C20H19N3O4S/c1-12-17(13(2)24)28-20(21-12)23-18(25)15(11-14-7-4-3-5-8-14)22-19(26)16-9-6-10-27-16/h3-10,15H,11H2,1-2H3,(H,22,26)(H,21,23,25). The maximum atomic E-state index is 12.8. The van der Waals surface area contributed by atoms with E-state index in [1.807, 2.05) is 30.3 Å². The quantitative estimate of drug-likeness (QED) is 0.596. The Hall–Kier alpha value is -3.26. The number of carbonyl (C=O) groups is 3. The Labute approximate surface area is 165 Å². The lowest BCUT2D eigenvalue weighted by atomic mass is 10.1. The van der Waals surface area contributed by atoms with Crippen LogP contribution in [0.15, 0.2) is 53.1 Å². The van der Waals surface area contributed by atoms with Gasteiger partial charge >= 0.3 is 0 Å². The fraction of sp³-hybridized carbons (Fsp3) is 0.200. The molecule has 3 aromatic rings. The number of rotatable bonds is 7. The summed E-state index contributed by atoms with van der Waals surface area (Å²) >= 11 is 1.11. The maximum Gasteiger partial charge on any atom is 0.287 e. The van der Waals surface area contributed by atoms with E-state index in [1.165, 1.54) is 19.3 Å². The Morgan fingerprint density at radius 2 is 1.89 bits per heavy atom. The number of benzene rings is 1. The van der Waals surface area contributed by atoms with E-state index in [-0.39, 0.29) is 11.5 Å². The molecule has 0 saturated carbocycles. The number of aryl methyl sites for hydroxylation is 1. The van der Waals surface area contributed by atoms with E-state index < -0.39 is 17.9 Å². The summed E-state index contributed by atoms with van der Waals surface area (Å²) in [5.41, 5.74) is 1.45. The first kappa shape index (κ1) is 19.5. The van der Waals surface area contributed by atoms with Crippen molar-refractivity contribution in [3.8, 4) is 0 Å². The lowest BCUT2D eigenvalue weighted by Gasteiger charge is -2.17. The number of furan rings is 1. The molecule has 2 aromatic heterocycles. The van der Waals surface area contributed by atoms with E-state index in [0.717, 1.165) is 16.9 Å². The van der Waals surface area contributed by atoms with Gasteiger partial charge < -0.3 is 15.1 Å². The van der Waals surface area contributed by atoms with Gasteiger partial charge in [-0.2, -0.15) is 0 Å². The number of thiazole rings is 1. The number of carbonyl (C=O) groups excluding carboxylic acids is 3. The van der Waals surface area contributed by atoms with Crippen LogP contribution in [0, 0.1) is 6.92 Å². The van der Waals surface area contributed by atoms with Crippen molar-refractivity contribution in [3.63, 3.8) is 0 Å². The second-order valence-corrected chi connectivity index (χ2v) is 7.17. The number of hydrogen-bond acceptors (Lipinski definition) is 6. The molecule has 0 radical (unpaired) electrons. The summed E-state index contributed by atoms with van der Waals surface area (Å²) in [7, 11) is 0. The van der Waals surface area contributed by atoms with Crippen LogP contribution in [0.3, 0.4) is 0 Å². The minimum Gasteiger partial charge on any atom is -0.459 e. The minimum atomic E-state index is -0.843. The first-order valence-electron chi connectivity index (χ1n) is 8.61. The molecule has 1 aromatic carbocycles. The van der Waals surface area contributed by atoms with Gasteiger partial charge in [0.1, 0.15) is 6.04 Å². The number of hydrogen-bond donors (Lipinski definition) is 2. The molecule has 0 bridgehead atoms. The van der Waals surface area contributed by atoms with Gasteiger partial charge in [0, 0.05) is 13.3 Å². The predicted octanol–water partition coefficient (Wildman–Crippen LogP) is 3.23. The van der Waals surface area contributed by atoms with Crippen molar-refractivity contribution < 1.29 is 18.8 Å². The first-order chi connectivity index (χ1) is 13.4. The lowest BCUT2D eigenvalue weighted by Crippen LogP contribution is -2.45. The van der Waals surface area contributed by atoms with Gasteiger partial charge in [-0.15, -0.1) is 0 Å². The minimum absolute atomic E-state index is 0.109. The second kappa shape index (κ2) is 8.62. The molecule has 1 unspecified atom stereocenters. The number of aromatic nitrogens is 1. The molecule has 8 heteroatoms. The predicted molar refractivity (Wildman–Crippen MR) is 106 cm³/mol. The Balaban J connectivity index is 1.78. The molecule has 144 valence electrons. The Kier molecular flexibility index (Phi) is 6.00. The van der Waals surface area contributed by atoms with Crippen molar-refractivity contribution >= 4 is 34.1 Å². The molecule has 0 aliphatic heterocycles. The molecular formula is C20H19N3O4S. The normalized spacial score (nSPS) is 11.6. The zero-order valence-corrected chi connectivity index (χ0v) is 16.2. The van der Waals surface area contributed by atoms with Gasteiger partial charge in [-0.05, 0) is 24.6 Å². The number of anilines is 1. The molecule has 0 saturated heterocycles. The van der Waals surface area contributed by atoms with Crippen molar-refractivity contribution in [2.45, 2.75) is 26.3 Å².